The molecule has 1 N–H and O–H groups in total. The number of hydrogen-bond donors (Lipinski definition) is 1. The highest BCUT2D eigenvalue weighted by Crippen LogP contribution is 2.20. The highest BCUT2D eigenvalue weighted by molar-refractivity contribution is 5.96. The summed E-state index contributed by atoms with van der Waals surface area (Å²) in [5.41, 5.74) is 3.00. The summed E-state index contributed by atoms with van der Waals surface area (Å²) < 4.78 is 5.69. The monoisotopic (exact) mass is 376 g/mol. The van der Waals surface area contributed by atoms with E-state index >= 15 is 0 Å². The van der Waals surface area contributed by atoms with Crippen molar-refractivity contribution >= 4 is 18.3 Å². The SMILES string of the molecule is CCCOc1ccccc1C(=O)NCC(c1ccc(C)cc1)N(C)C.Cl. The van der Waals surface area contributed by atoms with Gasteiger partial charge in [-0.3, -0.25) is 4.79 Å². The van der Waals surface area contributed by atoms with Crippen LogP contribution in [-0.2, 0) is 0 Å². The number of hydrogen-bond acceptors (Lipinski definition) is 3. The minimum atomic E-state index is -0.106. The summed E-state index contributed by atoms with van der Waals surface area (Å²) in [7, 11) is 4.05. The van der Waals surface area contributed by atoms with E-state index in [0.29, 0.717) is 24.5 Å². The highest BCUT2D eigenvalue weighted by atomic mass is 35.5. The molecular weight excluding hydrogens is 348 g/mol. The third-order valence-corrected chi connectivity index (χ3v) is 4.13. The summed E-state index contributed by atoms with van der Waals surface area (Å²) in [6.45, 7) is 5.26. The quantitative estimate of drug-likeness (QED) is 0.749. The maximum atomic E-state index is 12.6. The zero-order valence-corrected chi connectivity index (χ0v) is 16.8. The molecule has 0 spiro atoms. The molecule has 26 heavy (non-hydrogen) atoms. The summed E-state index contributed by atoms with van der Waals surface area (Å²) in [6, 6.07) is 15.9. The molecule has 0 saturated carbocycles. The second-order valence-electron chi connectivity index (χ2n) is 6.44. The minimum absolute atomic E-state index is 0. The van der Waals surface area contributed by atoms with Crippen LogP contribution in [0.25, 0.3) is 0 Å². The van der Waals surface area contributed by atoms with Crippen LogP contribution in [0.3, 0.4) is 0 Å². The molecule has 0 aliphatic heterocycles. The Morgan fingerprint density at radius 3 is 2.38 bits per heavy atom. The number of halogens is 1. The van der Waals surface area contributed by atoms with Gasteiger partial charge >= 0.3 is 0 Å². The number of carbonyl (C=O) groups excluding carboxylic acids is 1. The van der Waals surface area contributed by atoms with Crippen LogP contribution in [0.15, 0.2) is 48.5 Å². The number of carbonyl (C=O) groups is 1. The van der Waals surface area contributed by atoms with Crippen molar-refractivity contribution in [1.29, 1.82) is 0 Å². The number of para-hydroxylation sites is 1. The average Bonchev–Trinajstić information content (AvgIpc) is 2.61. The second kappa shape index (κ2) is 10.8. The van der Waals surface area contributed by atoms with E-state index in [2.05, 4.69) is 41.4 Å². The molecule has 0 aromatic heterocycles. The van der Waals surface area contributed by atoms with Crippen molar-refractivity contribution in [3.8, 4) is 5.75 Å². The van der Waals surface area contributed by atoms with Crippen molar-refractivity contribution in [3.05, 3.63) is 65.2 Å². The van der Waals surface area contributed by atoms with Gasteiger partial charge in [0.05, 0.1) is 18.2 Å². The van der Waals surface area contributed by atoms with Gasteiger partial charge in [-0.15, -0.1) is 12.4 Å². The topological polar surface area (TPSA) is 41.6 Å². The molecule has 1 unspecified atom stereocenters. The third-order valence-electron chi connectivity index (χ3n) is 4.13. The Kier molecular flexibility index (Phi) is 9.17. The molecule has 1 atom stereocenters. The fourth-order valence-corrected chi connectivity index (χ4v) is 2.66. The maximum Gasteiger partial charge on any atom is 0.255 e. The van der Waals surface area contributed by atoms with Crippen LogP contribution in [0.1, 0.15) is 40.9 Å². The van der Waals surface area contributed by atoms with E-state index in [0.717, 1.165) is 6.42 Å². The van der Waals surface area contributed by atoms with Crippen LogP contribution in [0, 0.1) is 6.92 Å². The molecule has 142 valence electrons. The normalized spacial score (nSPS) is 11.6. The number of ether oxygens (including phenoxy) is 1. The van der Waals surface area contributed by atoms with Gasteiger partial charge in [0.25, 0.3) is 5.91 Å². The van der Waals surface area contributed by atoms with Crippen LogP contribution in [0.4, 0.5) is 0 Å². The van der Waals surface area contributed by atoms with Gasteiger partial charge in [0, 0.05) is 6.54 Å². The molecule has 2 rings (SSSR count). The number of benzene rings is 2. The molecule has 0 saturated heterocycles. The fraction of sp³-hybridized carbons (Fsp3) is 0.381. The largest absolute Gasteiger partial charge is 0.493 e. The van der Waals surface area contributed by atoms with Gasteiger partial charge in [-0.1, -0.05) is 48.9 Å². The number of nitrogens with one attached hydrogen (secondary N) is 1. The number of likely N-dealkylation sites (N-methyl/N-ethyl adjacent to an activating group) is 1. The summed E-state index contributed by atoms with van der Waals surface area (Å²) in [4.78, 5) is 14.7. The van der Waals surface area contributed by atoms with Crippen molar-refractivity contribution in [2.75, 3.05) is 27.2 Å². The van der Waals surface area contributed by atoms with E-state index in [4.69, 9.17) is 4.74 Å². The van der Waals surface area contributed by atoms with Crippen molar-refractivity contribution in [2.24, 2.45) is 0 Å². The lowest BCUT2D eigenvalue weighted by molar-refractivity contribution is 0.0938. The van der Waals surface area contributed by atoms with Gasteiger partial charge in [-0.05, 0) is 45.1 Å². The van der Waals surface area contributed by atoms with Crippen molar-refractivity contribution < 1.29 is 9.53 Å². The van der Waals surface area contributed by atoms with E-state index in [1.165, 1.54) is 11.1 Å². The minimum Gasteiger partial charge on any atom is -0.493 e. The molecule has 0 radical (unpaired) electrons. The fourth-order valence-electron chi connectivity index (χ4n) is 2.66. The van der Waals surface area contributed by atoms with Crippen LogP contribution >= 0.6 is 12.4 Å². The molecule has 1 amide bonds. The Bertz CT molecular complexity index is 687. The Balaban J connectivity index is 0.00000338. The van der Waals surface area contributed by atoms with Crippen LogP contribution in [0.2, 0.25) is 0 Å². The summed E-state index contributed by atoms with van der Waals surface area (Å²) in [6.07, 6.45) is 0.909. The number of aryl methyl sites for hydroxylation is 1. The highest BCUT2D eigenvalue weighted by Gasteiger charge is 2.17. The van der Waals surface area contributed by atoms with Gasteiger partial charge in [0.15, 0.2) is 0 Å². The van der Waals surface area contributed by atoms with Crippen LogP contribution in [0.5, 0.6) is 5.75 Å². The maximum absolute atomic E-state index is 12.6. The molecule has 2 aromatic carbocycles. The van der Waals surface area contributed by atoms with Gasteiger partial charge in [0.1, 0.15) is 5.75 Å². The first-order valence-electron chi connectivity index (χ1n) is 8.76. The lowest BCUT2D eigenvalue weighted by atomic mass is 10.0. The first-order valence-corrected chi connectivity index (χ1v) is 8.76. The first kappa shape index (κ1) is 22.0. The van der Waals surface area contributed by atoms with E-state index in [-0.39, 0.29) is 24.4 Å². The van der Waals surface area contributed by atoms with Gasteiger partial charge in [-0.2, -0.15) is 0 Å². The van der Waals surface area contributed by atoms with Gasteiger partial charge < -0.3 is 15.0 Å². The Labute approximate surface area is 163 Å². The second-order valence-corrected chi connectivity index (χ2v) is 6.44. The Morgan fingerprint density at radius 1 is 1.12 bits per heavy atom. The first-order chi connectivity index (χ1) is 12.0. The standard InChI is InChI=1S/C21H28N2O2.ClH/c1-5-14-25-20-9-7-6-8-18(20)21(24)22-15-19(23(3)4)17-12-10-16(2)11-13-17;/h6-13,19H,5,14-15H2,1-4H3,(H,22,24);1H. The molecule has 0 aliphatic rings. The number of amides is 1. The molecule has 0 fully saturated rings. The zero-order chi connectivity index (χ0) is 18.2. The molecule has 4 nitrogen and oxygen atoms in total. The molecular formula is C21H29ClN2O2. The summed E-state index contributed by atoms with van der Waals surface area (Å²) >= 11 is 0. The van der Waals surface area contributed by atoms with Crippen LogP contribution in [-0.4, -0.2) is 38.1 Å². The molecule has 0 bridgehead atoms. The van der Waals surface area contributed by atoms with Crippen molar-refractivity contribution in [2.45, 2.75) is 26.3 Å². The Hall–Kier alpha value is -2.04. The summed E-state index contributed by atoms with van der Waals surface area (Å²) in [5, 5.41) is 3.05. The smallest absolute Gasteiger partial charge is 0.255 e. The lowest BCUT2D eigenvalue weighted by Gasteiger charge is -2.25. The zero-order valence-electron chi connectivity index (χ0n) is 16.0. The van der Waals surface area contributed by atoms with E-state index in [9.17, 15) is 4.79 Å². The number of rotatable bonds is 8. The molecule has 0 aliphatic carbocycles. The van der Waals surface area contributed by atoms with Gasteiger partial charge in [0.2, 0.25) is 0 Å². The summed E-state index contributed by atoms with van der Waals surface area (Å²) in [5.74, 6) is 0.532. The van der Waals surface area contributed by atoms with E-state index in [1.54, 1.807) is 6.07 Å². The van der Waals surface area contributed by atoms with Crippen molar-refractivity contribution in [3.63, 3.8) is 0 Å². The molecule has 0 heterocycles. The van der Waals surface area contributed by atoms with Gasteiger partial charge in [-0.25, -0.2) is 0 Å². The molecule has 2 aromatic rings. The van der Waals surface area contributed by atoms with Crippen LogP contribution < -0.4 is 10.1 Å². The Morgan fingerprint density at radius 2 is 1.77 bits per heavy atom. The molecule has 5 heteroatoms. The third kappa shape index (κ3) is 6.04. The average molecular weight is 377 g/mol. The van der Waals surface area contributed by atoms with Crippen molar-refractivity contribution in [1.82, 2.24) is 10.2 Å². The number of nitrogens with zero attached hydrogens (tertiary/aromatic N) is 1. The predicted octanol–water partition coefficient (Wildman–Crippen LogP) is 4.24. The lowest BCUT2D eigenvalue weighted by Crippen LogP contribution is -2.34. The predicted molar refractivity (Wildman–Crippen MR) is 109 cm³/mol. The van der Waals surface area contributed by atoms with E-state index in [1.807, 2.05) is 39.2 Å². The van der Waals surface area contributed by atoms with E-state index < -0.39 is 0 Å².